The number of hydrogen-bond donors (Lipinski definition) is 1. The largest absolute Gasteiger partial charge is 0.422 e. The number of Topliss-reactive ketones (excluding diaryl/α,β-unsaturated/α-hetero) is 2. The van der Waals surface area contributed by atoms with Crippen LogP contribution in [0.5, 0.6) is 5.75 Å². The van der Waals surface area contributed by atoms with Gasteiger partial charge in [0.05, 0.1) is 12.2 Å². The number of para-hydroxylation sites is 1. The lowest BCUT2D eigenvalue weighted by Crippen LogP contribution is -2.25. The van der Waals surface area contributed by atoms with Gasteiger partial charge >= 0.3 is 5.97 Å². The zero-order valence-corrected chi connectivity index (χ0v) is 14.9. The molecule has 0 aliphatic carbocycles. The molecule has 0 amide bonds. The highest BCUT2D eigenvalue weighted by Gasteiger charge is 2.30. The second kappa shape index (κ2) is 8.42. The Hall–Kier alpha value is -3.25. The zero-order valence-electron chi connectivity index (χ0n) is 14.9. The summed E-state index contributed by atoms with van der Waals surface area (Å²) in [4.78, 5) is 36.5. The fourth-order valence-corrected chi connectivity index (χ4v) is 2.62. The minimum atomic E-state index is -0.700. The van der Waals surface area contributed by atoms with Crippen molar-refractivity contribution >= 4 is 23.2 Å². The van der Waals surface area contributed by atoms with E-state index in [9.17, 15) is 14.4 Å². The lowest BCUT2D eigenvalue weighted by atomic mass is 10.0. The Morgan fingerprint density at radius 3 is 2.59 bits per heavy atom. The topological polar surface area (TPSA) is 81.7 Å². The number of benzene rings is 2. The number of hydrogen-bond acceptors (Lipinski definition) is 6. The van der Waals surface area contributed by atoms with Crippen LogP contribution in [0.1, 0.15) is 34.1 Å². The molecule has 0 saturated carbocycles. The Morgan fingerprint density at radius 1 is 1.11 bits per heavy atom. The maximum Gasteiger partial charge on any atom is 0.349 e. The van der Waals surface area contributed by atoms with Gasteiger partial charge in [0.25, 0.3) is 0 Å². The van der Waals surface area contributed by atoms with Crippen LogP contribution >= 0.6 is 0 Å². The molecule has 6 nitrogen and oxygen atoms in total. The Labute approximate surface area is 156 Å². The molecule has 1 heterocycles. The van der Waals surface area contributed by atoms with Crippen molar-refractivity contribution in [3.63, 3.8) is 0 Å². The predicted molar refractivity (Wildman–Crippen MR) is 100.0 cm³/mol. The Kier molecular flexibility index (Phi) is 5.78. The molecule has 1 aliphatic rings. The number of anilines is 1. The normalized spacial score (nSPS) is 14.6. The molecule has 0 spiro atoms. The zero-order chi connectivity index (χ0) is 19.2. The van der Waals surface area contributed by atoms with Crippen LogP contribution in [-0.2, 0) is 9.53 Å². The van der Waals surface area contributed by atoms with E-state index in [1.54, 1.807) is 48.5 Å². The summed E-state index contributed by atoms with van der Waals surface area (Å²) in [5.41, 5.74) is 1.49. The van der Waals surface area contributed by atoms with Crippen LogP contribution in [0.4, 0.5) is 5.69 Å². The lowest BCUT2D eigenvalue weighted by Gasteiger charge is -2.16. The standard InChI is InChI=1S/C21H19NO5/c1-2-26-12-11-18(23)14-7-9-15(10-8-14)22-13-17-20(24)16-5-3-4-6-19(16)27-21(17)25/h3-10,13,22H,2,11-12H2,1H3. The highest BCUT2D eigenvalue weighted by atomic mass is 16.5. The van der Waals surface area contributed by atoms with E-state index < -0.39 is 11.8 Å². The summed E-state index contributed by atoms with van der Waals surface area (Å²) < 4.78 is 10.4. The third-order valence-corrected chi connectivity index (χ3v) is 4.07. The average Bonchev–Trinajstić information content (AvgIpc) is 2.68. The fourth-order valence-electron chi connectivity index (χ4n) is 2.62. The van der Waals surface area contributed by atoms with Gasteiger partial charge in [-0.2, -0.15) is 0 Å². The van der Waals surface area contributed by atoms with Gasteiger partial charge < -0.3 is 14.8 Å². The summed E-state index contributed by atoms with van der Waals surface area (Å²) in [6, 6.07) is 13.4. The molecule has 27 heavy (non-hydrogen) atoms. The number of rotatable bonds is 7. The average molecular weight is 365 g/mol. The number of ketones is 2. The second-order valence-corrected chi connectivity index (χ2v) is 5.86. The number of carbonyl (C=O) groups is 3. The van der Waals surface area contributed by atoms with Crippen LogP contribution < -0.4 is 10.1 Å². The van der Waals surface area contributed by atoms with E-state index in [0.29, 0.717) is 36.4 Å². The summed E-state index contributed by atoms with van der Waals surface area (Å²) in [5, 5.41) is 2.90. The molecule has 1 aliphatic heterocycles. The number of ether oxygens (including phenoxy) is 2. The van der Waals surface area contributed by atoms with Crippen molar-refractivity contribution in [3.05, 3.63) is 71.4 Å². The van der Waals surface area contributed by atoms with Gasteiger partial charge in [-0.3, -0.25) is 9.59 Å². The molecule has 138 valence electrons. The van der Waals surface area contributed by atoms with Crippen LogP contribution in [0.3, 0.4) is 0 Å². The van der Waals surface area contributed by atoms with Crippen molar-refractivity contribution in [2.24, 2.45) is 0 Å². The van der Waals surface area contributed by atoms with E-state index in [2.05, 4.69) is 5.32 Å². The Bertz CT molecular complexity index is 899. The molecule has 0 fully saturated rings. The minimum absolute atomic E-state index is 0.00371. The first-order chi connectivity index (χ1) is 13.1. The molecular weight excluding hydrogens is 346 g/mol. The van der Waals surface area contributed by atoms with Crippen LogP contribution in [0.2, 0.25) is 0 Å². The van der Waals surface area contributed by atoms with E-state index in [1.807, 2.05) is 6.92 Å². The van der Waals surface area contributed by atoms with Crippen molar-refractivity contribution in [3.8, 4) is 5.75 Å². The summed E-state index contributed by atoms with van der Waals surface area (Å²) in [6.45, 7) is 2.86. The van der Waals surface area contributed by atoms with Gasteiger partial charge in [-0.05, 0) is 43.3 Å². The van der Waals surface area contributed by atoms with E-state index in [0.717, 1.165) is 0 Å². The number of esters is 1. The maximum atomic E-state index is 12.5. The fraction of sp³-hybridized carbons (Fsp3) is 0.190. The van der Waals surface area contributed by atoms with Gasteiger partial charge in [-0.25, -0.2) is 4.79 Å². The third kappa shape index (κ3) is 4.30. The highest BCUT2D eigenvalue weighted by molar-refractivity contribution is 6.27. The van der Waals surface area contributed by atoms with E-state index in [1.165, 1.54) is 6.20 Å². The number of nitrogens with one attached hydrogen (secondary N) is 1. The molecule has 0 radical (unpaired) electrons. The van der Waals surface area contributed by atoms with Gasteiger partial charge in [-0.1, -0.05) is 12.1 Å². The van der Waals surface area contributed by atoms with Gasteiger partial charge in [0.2, 0.25) is 5.78 Å². The summed E-state index contributed by atoms with van der Waals surface area (Å²) >= 11 is 0. The SMILES string of the molecule is CCOCCC(=O)c1ccc(NC=C2C(=O)Oc3ccccc3C2=O)cc1. The van der Waals surface area contributed by atoms with E-state index >= 15 is 0 Å². The van der Waals surface area contributed by atoms with E-state index in [4.69, 9.17) is 9.47 Å². The van der Waals surface area contributed by atoms with E-state index in [-0.39, 0.29) is 17.1 Å². The first-order valence-electron chi connectivity index (χ1n) is 8.63. The number of carbonyl (C=O) groups excluding carboxylic acids is 3. The molecule has 2 aromatic carbocycles. The molecule has 1 N–H and O–H groups in total. The Morgan fingerprint density at radius 2 is 1.85 bits per heavy atom. The molecule has 2 aromatic rings. The molecule has 0 saturated heterocycles. The van der Waals surface area contributed by atoms with Crippen LogP contribution in [0.15, 0.2) is 60.3 Å². The van der Waals surface area contributed by atoms with Crippen molar-refractivity contribution in [2.45, 2.75) is 13.3 Å². The molecular formula is C21H19NO5. The van der Waals surface area contributed by atoms with Crippen molar-refractivity contribution < 1.29 is 23.9 Å². The van der Waals surface area contributed by atoms with Gasteiger partial charge in [-0.15, -0.1) is 0 Å². The minimum Gasteiger partial charge on any atom is -0.422 e. The smallest absolute Gasteiger partial charge is 0.349 e. The first kappa shape index (κ1) is 18.5. The lowest BCUT2D eigenvalue weighted by molar-refractivity contribution is -0.130. The molecule has 0 bridgehead atoms. The van der Waals surface area contributed by atoms with Crippen molar-refractivity contribution in [1.29, 1.82) is 0 Å². The Balaban J connectivity index is 1.68. The first-order valence-corrected chi connectivity index (χ1v) is 8.63. The van der Waals surface area contributed by atoms with Crippen LogP contribution in [-0.4, -0.2) is 30.7 Å². The van der Waals surface area contributed by atoms with Gasteiger partial charge in [0.15, 0.2) is 5.78 Å². The molecule has 0 unspecified atom stereocenters. The van der Waals surface area contributed by atoms with Crippen molar-refractivity contribution in [2.75, 3.05) is 18.5 Å². The molecule has 6 heteroatoms. The highest BCUT2D eigenvalue weighted by Crippen LogP contribution is 2.27. The summed E-state index contributed by atoms with van der Waals surface area (Å²) in [5.74, 6) is -0.832. The quantitative estimate of drug-likeness (QED) is 0.202. The van der Waals surface area contributed by atoms with Crippen LogP contribution in [0.25, 0.3) is 0 Å². The molecule has 0 atom stereocenters. The second-order valence-electron chi connectivity index (χ2n) is 5.86. The number of fused-ring (bicyclic) bond motifs is 1. The van der Waals surface area contributed by atoms with Gasteiger partial charge in [0.1, 0.15) is 11.3 Å². The van der Waals surface area contributed by atoms with Crippen LogP contribution in [0, 0.1) is 0 Å². The van der Waals surface area contributed by atoms with Crippen molar-refractivity contribution in [1.82, 2.24) is 0 Å². The molecule has 3 rings (SSSR count). The monoisotopic (exact) mass is 365 g/mol. The third-order valence-electron chi connectivity index (χ3n) is 4.07. The summed E-state index contributed by atoms with van der Waals surface area (Å²) in [6.07, 6.45) is 1.65. The predicted octanol–water partition coefficient (Wildman–Crippen LogP) is 3.39. The van der Waals surface area contributed by atoms with Gasteiger partial charge in [0, 0.05) is 30.5 Å². The summed E-state index contributed by atoms with van der Waals surface area (Å²) in [7, 11) is 0. The maximum absolute atomic E-state index is 12.5. The molecule has 0 aromatic heterocycles.